The van der Waals surface area contributed by atoms with E-state index in [4.69, 9.17) is 5.73 Å². The van der Waals surface area contributed by atoms with E-state index in [9.17, 15) is 9.90 Å². The van der Waals surface area contributed by atoms with E-state index in [1.54, 1.807) is 6.07 Å². The van der Waals surface area contributed by atoms with E-state index < -0.39 is 6.10 Å². The van der Waals surface area contributed by atoms with Gasteiger partial charge >= 0.3 is 0 Å². The average Bonchev–Trinajstić information content (AvgIpc) is 3.00. The number of amides is 1. The minimum Gasteiger partial charge on any atom is -0.387 e. The molecule has 1 heterocycles. The van der Waals surface area contributed by atoms with Crippen LogP contribution in [-0.2, 0) is 6.42 Å². The first-order chi connectivity index (χ1) is 10.6. The Morgan fingerprint density at radius 3 is 2.64 bits per heavy atom. The van der Waals surface area contributed by atoms with E-state index in [1.165, 1.54) is 11.3 Å². The Balaban J connectivity index is 1.73. The lowest BCUT2D eigenvalue weighted by atomic mass is 10.1. The number of carbonyl (C=O) groups is 1. The van der Waals surface area contributed by atoms with E-state index in [0.29, 0.717) is 11.4 Å². The van der Waals surface area contributed by atoms with Crippen LogP contribution in [0.3, 0.4) is 0 Å². The zero-order valence-electron chi connectivity index (χ0n) is 12.7. The van der Waals surface area contributed by atoms with Crippen molar-refractivity contribution in [1.82, 2.24) is 5.32 Å². The molecular formula is C17H22N2O2S. The first-order valence-corrected chi connectivity index (χ1v) is 8.23. The van der Waals surface area contributed by atoms with Gasteiger partial charge in [-0.3, -0.25) is 4.79 Å². The van der Waals surface area contributed by atoms with Crippen molar-refractivity contribution in [2.75, 3.05) is 6.54 Å². The van der Waals surface area contributed by atoms with E-state index in [2.05, 4.69) is 12.2 Å². The Bertz CT molecular complexity index is 598. The van der Waals surface area contributed by atoms with Gasteiger partial charge in [0.1, 0.15) is 0 Å². The Morgan fingerprint density at radius 1 is 1.27 bits per heavy atom. The number of thiophene rings is 1. The van der Waals surface area contributed by atoms with Crippen molar-refractivity contribution in [3.63, 3.8) is 0 Å². The minimum atomic E-state index is -0.494. The quantitative estimate of drug-likeness (QED) is 0.700. The van der Waals surface area contributed by atoms with Crippen molar-refractivity contribution < 1.29 is 9.90 Å². The second kappa shape index (κ2) is 8.08. The standard InChI is InChI=1S/C17H22N2O2S/c1-12(7-8-14-9-10-16(22-14)17(18)21)19-11-15(20)13-5-3-2-4-6-13/h2-6,9-10,12,15,19-20H,7-8,11H2,1H3,(H2,18,21)/t12-,15+/m1/s1. The summed E-state index contributed by atoms with van der Waals surface area (Å²) in [6, 6.07) is 13.7. The van der Waals surface area contributed by atoms with Crippen LogP contribution < -0.4 is 11.1 Å². The van der Waals surface area contributed by atoms with Gasteiger partial charge in [-0.15, -0.1) is 11.3 Å². The Hall–Kier alpha value is -1.69. The van der Waals surface area contributed by atoms with Crippen LogP contribution in [-0.4, -0.2) is 23.6 Å². The van der Waals surface area contributed by atoms with E-state index >= 15 is 0 Å². The van der Waals surface area contributed by atoms with Crippen LogP contribution in [0.25, 0.3) is 0 Å². The lowest BCUT2D eigenvalue weighted by Crippen LogP contribution is -2.30. The van der Waals surface area contributed by atoms with Gasteiger partial charge in [0, 0.05) is 17.5 Å². The highest BCUT2D eigenvalue weighted by molar-refractivity contribution is 7.14. The molecule has 0 unspecified atom stereocenters. The number of nitrogens with one attached hydrogen (secondary N) is 1. The molecule has 0 aliphatic rings. The molecular weight excluding hydrogens is 296 g/mol. The zero-order valence-corrected chi connectivity index (χ0v) is 13.5. The van der Waals surface area contributed by atoms with Crippen molar-refractivity contribution in [3.05, 3.63) is 57.8 Å². The number of aliphatic hydroxyl groups excluding tert-OH is 1. The molecule has 2 rings (SSSR count). The fourth-order valence-electron chi connectivity index (χ4n) is 2.21. The average molecular weight is 318 g/mol. The molecule has 0 fully saturated rings. The maximum Gasteiger partial charge on any atom is 0.258 e. The van der Waals surface area contributed by atoms with Crippen molar-refractivity contribution in [2.24, 2.45) is 5.73 Å². The normalized spacial score (nSPS) is 13.7. The molecule has 2 atom stereocenters. The number of hydrogen-bond donors (Lipinski definition) is 3. The van der Waals surface area contributed by atoms with Crippen LogP contribution in [0.4, 0.5) is 0 Å². The molecule has 2 aromatic rings. The van der Waals surface area contributed by atoms with Gasteiger partial charge < -0.3 is 16.2 Å². The second-order valence-corrected chi connectivity index (χ2v) is 6.57. The van der Waals surface area contributed by atoms with Crippen LogP contribution in [0.1, 0.15) is 39.6 Å². The van der Waals surface area contributed by atoms with Crippen LogP contribution in [0.5, 0.6) is 0 Å². The summed E-state index contributed by atoms with van der Waals surface area (Å²) in [7, 11) is 0. The van der Waals surface area contributed by atoms with Gasteiger partial charge in [-0.1, -0.05) is 30.3 Å². The molecule has 1 amide bonds. The molecule has 0 saturated heterocycles. The van der Waals surface area contributed by atoms with Crippen LogP contribution >= 0.6 is 11.3 Å². The molecule has 4 nitrogen and oxygen atoms in total. The van der Waals surface area contributed by atoms with E-state index in [0.717, 1.165) is 23.3 Å². The summed E-state index contributed by atoms with van der Waals surface area (Å²) in [5.41, 5.74) is 6.17. The molecule has 0 bridgehead atoms. The monoisotopic (exact) mass is 318 g/mol. The predicted molar refractivity (Wildman–Crippen MR) is 90.0 cm³/mol. The Labute approximate surface area is 135 Å². The summed E-state index contributed by atoms with van der Waals surface area (Å²) >= 11 is 1.45. The van der Waals surface area contributed by atoms with Gasteiger partial charge in [-0.2, -0.15) is 0 Å². The number of primary amides is 1. The van der Waals surface area contributed by atoms with Gasteiger partial charge in [0.25, 0.3) is 5.91 Å². The number of nitrogens with two attached hydrogens (primary N) is 1. The van der Waals surface area contributed by atoms with Gasteiger partial charge in [-0.25, -0.2) is 0 Å². The zero-order chi connectivity index (χ0) is 15.9. The summed E-state index contributed by atoms with van der Waals surface area (Å²) < 4.78 is 0. The highest BCUT2D eigenvalue weighted by atomic mass is 32.1. The maximum absolute atomic E-state index is 11.1. The second-order valence-electron chi connectivity index (χ2n) is 5.40. The van der Waals surface area contributed by atoms with Crippen molar-refractivity contribution in [3.8, 4) is 0 Å². The fraction of sp³-hybridized carbons (Fsp3) is 0.353. The summed E-state index contributed by atoms with van der Waals surface area (Å²) in [5, 5.41) is 13.5. The molecule has 0 spiro atoms. The fourth-order valence-corrected chi connectivity index (χ4v) is 3.09. The predicted octanol–water partition coefficient (Wildman–Crippen LogP) is 2.49. The molecule has 0 aliphatic heterocycles. The number of aryl methyl sites for hydroxylation is 1. The molecule has 118 valence electrons. The van der Waals surface area contributed by atoms with Crippen LogP contribution in [0, 0.1) is 0 Å². The third-order valence-electron chi connectivity index (χ3n) is 3.57. The lowest BCUT2D eigenvalue weighted by Gasteiger charge is -2.17. The first kappa shape index (κ1) is 16.7. The topological polar surface area (TPSA) is 75.4 Å². The summed E-state index contributed by atoms with van der Waals surface area (Å²) in [5.74, 6) is -0.367. The van der Waals surface area contributed by atoms with Crippen molar-refractivity contribution >= 4 is 17.2 Å². The molecule has 4 N–H and O–H groups in total. The third kappa shape index (κ3) is 4.94. The molecule has 0 aliphatic carbocycles. The van der Waals surface area contributed by atoms with Gasteiger partial charge in [0.15, 0.2) is 0 Å². The molecule has 5 heteroatoms. The van der Waals surface area contributed by atoms with Crippen molar-refractivity contribution in [1.29, 1.82) is 0 Å². The first-order valence-electron chi connectivity index (χ1n) is 7.41. The molecule has 1 aromatic heterocycles. The van der Waals surface area contributed by atoms with Gasteiger partial charge in [-0.05, 0) is 37.5 Å². The SMILES string of the molecule is C[C@H](CCc1ccc(C(N)=O)s1)NC[C@H](O)c1ccccc1. The molecule has 0 radical (unpaired) electrons. The highest BCUT2D eigenvalue weighted by Crippen LogP contribution is 2.18. The largest absolute Gasteiger partial charge is 0.387 e. The van der Waals surface area contributed by atoms with E-state index in [-0.39, 0.29) is 11.9 Å². The number of rotatable bonds is 8. The smallest absolute Gasteiger partial charge is 0.258 e. The summed E-state index contributed by atoms with van der Waals surface area (Å²) in [4.78, 5) is 12.8. The number of benzene rings is 1. The Morgan fingerprint density at radius 2 is 2.00 bits per heavy atom. The van der Waals surface area contributed by atoms with Crippen LogP contribution in [0.2, 0.25) is 0 Å². The van der Waals surface area contributed by atoms with Crippen LogP contribution in [0.15, 0.2) is 42.5 Å². The number of carbonyl (C=O) groups excluding carboxylic acids is 1. The summed E-state index contributed by atoms with van der Waals surface area (Å²) in [6.07, 6.45) is 1.35. The van der Waals surface area contributed by atoms with Gasteiger partial charge in [0.05, 0.1) is 11.0 Å². The molecule has 22 heavy (non-hydrogen) atoms. The van der Waals surface area contributed by atoms with E-state index in [1.807, 2.05) is 36.4 Å². The molecule has 0 saturated carbocycles. The molecule has 1 aromatic carbocycles. The highest BCUT2D eigenvalue weighted by Gasteiger charge is 2.10. The van der Waals surface area contributed by atoms with Crippen molar-refractivity contribution in [2.45, 2.75) is 31.9 Å². The lowest BCUT2D eigenvalue weighted by molar-refractivity contribution is 0.100. The third-order valence-corrected chi connectivity index (χ3v) is 4.73. The summed E-state index contributed by atoms with van der Waals surface area (Å²) in [6.45, 7) is 2.63. The van der Waals surface area contributed by atoms with Gasteiger partial charge in [0.2, 0.25) is 0 Å². The number of aliphatic hydroxyl groups is 1. The Kier molecular flexibility index (Phi) is 6.12. The minimum absolute atomic E-state index is 0.289. The number of hydrogen-bond acceptors (Lipinski definition) is 4. The maximum atomic E-state index is 11.1.